The number of hydrogen-bond donors (Lipinski definition) is 0. The fourth-order valence-corrected chi connectivity index (χ4v) is 10.4. The zero-order valence-electron chi connectivity index (χ0n) is 26.6. The maximum absolute atomic E-state index is 13.4. The number of hydrogen-bond acceptors (Lipinski definition) is 2. The normalized spacial score (nSPS) is 18.5. The Bertz CT molecular complexity index is 1520. The third kappa shape index (κ3) is 9.63. The van der Waals surface area contributed by atoms with E-state index in [-0.39, 0.29) is 12.3 Å². The Labute approximate surface area is 287 Å². The van der Waals surface area contributed by atoms with Crippen LogP contribution in [0.4, 0.5) is 52.7 Å². The Balaban J connectivity index is 1.53. The Morgan fingerprint density at radius 3 is 0.784 bits per heavy atom. The molecule has 0 saturated carbocycles. The molecule has 0 amide bonds. The van der Waals surface area contributed by atoms with E-state index in [2.05, 4.69) is 0 Å². The molecule has 16 heteroatoms. The molecule has 2 nitrogen and oxygen atoms in total. The highest BCUT2D eigenvalue weighted by atomic mass is 31.1. The Hall–Kier alpha value is -3.18. The van der Waals surface area contributed by atoms with E-state index < -0.39 is 80.8 Å². The lowest BCUT2D eigenvalue weighted by Crippen LogP contribution is -2.33. The number of ether oxygens (including phenoxy) is 2. The summed E-state index contributed by atoms with van der Waals surface area (Å²) in [7, 11) is -3.35. The molecule has 0 N–H and O–H groups in total. The maximum atomic E-state index is 13.4. The third-order valence-corrected chi connectivity index (χ3v) is 13.2. The monoisotopic (exact) mass is 770 g/mol. The first-order valence-corrected chi connectivity index (χ1v) is 18.2. The van der Waals surface area contributed by atoms with E-state index in [0.717, 1.165) is 48.5 Å². The Kier molecular flexibility index (Phi) is 11.0. The minimum absolute atomic E-state index is 0.0589. The summed E-state index contributed by atoms with van der Waals surface area (Å²) in [5.74, 6) is -1.24. The van der Waals surface area contributed by atoms with Gasteiger partial charge in [-0.3, -0.25) is 0 Å². The van der Waals surface area contributed by atoms with Crippen molar-refractivity contribution >= 4 is 37.1 Å². The van der Waals surface area contributed by atoms with Crippen LogP contribution in [0.2, 0.25) is 0 Å². The highest BCUT2D eigenvalue weighted by Gasteiger charge is 2.44. The van der Waals surface area contributed by atoms with Crippen LogP contribution in [0, 0.1) is 0 Å². The van der Waals surface area contributed by atoms with Crippen LogP contribution in [0.25, 0.3) is 0 Å². The van der Waals surface area contributed by atoms with Crippen LogP contribution in [0.3, 0.4) is 0 Å². The molecule has 2 atom stereocenters. The lowest BCUT2D eigenvalue weighted by molar-refractivity contribution is -0.143. The molecule has 4 aromatic rings. The second-order valence-electron chi connectivity index (χ2n) is 12.1. The highest BCUT2D eigenvalue weighted by Crippen LogP contribution is 2.46. The summed E-state index contributed by atoms with van der Waals surface area (Å²) in [6, 6.07) is 17.0. The van der Waals surface area contributed by atoms with Gasteiger partial charge in [0.05, 0.1) is 34.5 Å². The van der Waals surface area contributed by atoms with Gasteiger partial charge in [-0.2, -0.15) is 52.7 Å². The first-order chi connectivity index (χ1) is 23.5. The van der Waals surface area contributed by atoms with E-state index in [0.29, 0.717) is 21.2 Å². The molecule has 0 bridgehead atoms. The summed E-state index contributed by atoms with van der Waals surface area (Å²) in [5.41, 5.74) is -3.70. The van der Waals surface area contributed by atoms with E-state index in [4.69, 9.17) is 9.47 Å². The van der Waals surface area contributed by atoms with Crippen molar-refractivity contribution in [3.8, 4) is 0 Å². The molecular formula is C35H28F12O2P2. The van der Waals surface area contributed by atoms with Crippen LogP contribution >= 0.6 is 15.8 Å². The van der Waals surface area contributed by atoms with Crippen molar-refractivity contribution in [1.82, 2.24) is 0 Å². The summed E-state index contributed by atoms with van der Waals surface area (Å²) in [5, 5.41) is 1.60. The van der Waals surface area contributed by atoms with Crippen LogP contribution in [0.1, 0.15) is 36.1 Å². The SMILES string of the molecule is CC1(C)OC(CP(c2ccc(C(F)(F)F)cc2)c2ccc(C(F)(F)F)cc2)C(CP(c2ccc(C(F)(F)F)cc2)c2ccc(C(F)(F)F)cc2)O1. The maximum Gasteiger partial charge on any atom is 0.416 e. The molecule has 1 fully saturated rings. The van der Waals surface area contributed by atoms with E-state index in [9.17, 15) is 52.7 Å². The molecule has 5 rings (SSSR count). The summed E-state index contributed by atoms with van der Waals surface area (Å²) in [4.78, 5) is 0. The van der Waals surface area contributed by atoms with Gasteiger partial charge in [-0.25, -0.2) is 0 Å². The number of alkyl halides is 12. The second-order valence-corrected chi connectivity index (χ2v) is 16.6. The molecule has 4 aromatic carbocycles. The number of rotatable bonds is 8. The number of halogens is 12. The van der Waals surface area contributed by atoms with Crippen molar-refractivity contribution in [2.24, 2.45) is 0 Å². The molecule has 0 aliphatic carbocycles. The molecule has 1 saturated heterocycles. The second kappa shape index (κ2) is 14.3. The van der Waals surface area contributed by atoms with Gasteiger partial charge in [-0.15, -0.1) is 0 Å². The average molecular weight is 771 g/mol. The lowest BCUT2D eigenvalue weighted by Gasteiger charge is -2.28. The van der Waals surface area contributed by atoms with Gasteiger partial charge >= 0.3 is 24.7 Å². The van der Waals surface area contributed by atoms with Gasteiger partial charge in [0, 0.05) is 12.3 Å². The van der Waals surface area contributed by atoms with Gasteiger partial charge in [-0.05, 0) is 99.4 Å². The third-order valence-electron chi connectivity index (χ3n) is 8.04. The summed E-state index contributed by atoms with van der Waals surface area (Å²) >= 11 is 0. The molecule has 1 aliphatic heterocycles. The van der Waals surface area contributed by atoms with Crippen LogP contribution in [-0.4, -0.2) is 30.3 Å². The van der Waals surface area contributed by atoms with E-state index in [1.165, 1.54) is 48.5 Å². The predicted molar refractivity (Wildman–Crippen MR) is 172 cm³/mol. The van der Waals surface area contributed by atoms with Gasteiger partial charge < -0.3 is 9.47 Å². The fraction of sp³-hybridized carbons (Fsp3) is 0.314. The average Bonchev–Trinajstić information content (AvgIpc) is 3.33. The largest absolute Gasteiger partial charge is 0.416 e. The van der Waals surface area contributed by atoms with Gasteiger partial charge in [0.1, 0.15) is 0 Å². The Morgan fingerprint density at radius 2 is 0.608 bits per heavy atom. The molecule has 1 heterocycles. The van der Waals surface area contributed by atoms with Crippen molar-refractivity contribution in [2.75, 3.05) is 12.3 Å². The summed E-state index contributed by atoms with van der Waals surface area (Å²) < 4.78 is 173. The predicted octanol–water partition coefficient (Wildman–Crippen LogP) is 9.85. The lowest BCUT2D eigenvalue weighted by atomic mass is 10.2. The van der Waals surface area contributed by atoms with Crippen molar-refractivity contribution in [3.63, 3.8) is 0 Å². The fourth-order valence-electron chi connectivity index (χ4n) is 5.62. The van der Waals surface area contributed by atoms with Crippen LogP contribution in [0.5, 0.6) is 0 Å². The van der Waals surface area contributed by atoms with Crippen LogP contribution < -0.4 is 21.2 Å². The number of benzene rings is 4. The quantitative estimate of drug-likeness (QED) is 0.131. The van der Waals surface area contributed by atoms with Crippen molar-refractivity contribution in [3.05, 3.63) is 119 Å². The van der Waals surface area contributed by atoms with E-state index >= 15 is 0 Å². The minimum atomic E-state index is -4.64. The molecular weight excluding hydrogens is 742 g/mol. The van der Waals surface area contributed by atoms with Crippen molar-refractivity contribution < 1.29 is 62.2 Å². The molecule has 274 valence electrons. The molecule has 51 heavy (non-hydrogen) atoms. The Morgan fingerprint density at radius 1 is 0.412 bits per heavy atom. The zero-order chi connectivity index (χ0) is 37.6. The minimum Gasteiger partial charge on any atom is -0.344 e. The van der Waals surface area contributed by atoms with Gasteiger partial charge in [-0.1, -0.05) is 48.5 Å². The highest BCUT2D eigenvalue weighted by molar-refractivity contribution is 7.73. The zero-order valence-corrected chi connectivity index (χ0v) is 28.3. The van der Waals surface area contributed by atoms with Crippen LogP contribution in [-0.2, 0) is 34.2 Å². The summed E-state index contributed by atoms with van der Waals surface area (Å²) in [6.07, 6.45) is -20.1. The topological polar surface area (TPSA) is 18.5 Å². The summed E-state index contributed by atoms with van der Waals surface area (Å²) in [6.45, 7) is 3.19. The molecule has 1 aliphatic rings. The van der Waals surface area contributed by atoms with Gasteiger partial charge in [0.15, 0.2) is 5.79 Å². The van der Waals surface area contributed by atoms with Crippen molar-refractivity contribution in [1.29, 1.82) is 0 Å². The molecule has 0 radical (unpaired) electrons. The smallest absolute Gasteiger partial charge is 0.344 e. The van der Waals surface area contributed by atoms with Crippen molar-refractivity contribution in [2.45, 2.75) is 56.5 Å². The van der Waals surface area contributed by atoms with Gasteiger partial charge in [0.2, 0.25) is 0 Å². The first kappa shape index (κ1) is 39.0. The molecule has 2 unspecified atom stereocenters. The first-order valence-electron chi connectivity index (χ1n) is 15.1. The molecule has 0 spiro atoms. The standard InChI is InChI=1S/C35H28F12O2P2/c1-31(2)48-29(19-50(25-11-3-21(4-12-25)32(36,37)38)26-13-5-22(6-14-26)33(39,40)41)30(49-31)20-51(27-15-7-23(8-16-27)34(42,43)44)28-17-9-24(10-18-28)35(45,46)47/h3-18,29-30H,19-20H2,1-2H3. The van der Waals surface area contributed by atoms with E-state index in [1.807, 2.05) is 0 Å². The molecule has 0 aromatic heterocycles. The van der Waals surface area contributed by atoms with E-state index in [1.54, 1.807) is 13.8 Å². The van der Waals surface area contributed by atoms with Crippen LogP contribution in [0.15, 0.2) is 97.1 Å². The van der Waals surface area contributed by atoms with Gasteiger partial charge in [0.25, 0.3) is 0 Å².